The highest BCUT2D eigenvalue weighted by Crippen LogP contribution is 2.49. The van der Waals surface area contributed by atoms with Crippen LogP contribution in [0, 0.1) is 5.92 Å². The van der Waals surface area contributed by atoms with Crippen LogP contribution in [0.1, 0.15) is 63.8 Å². The molecule has 0 aliphatic carbocycles. The first kappa shape index (κ1) is 18.2. The molecule has 0 aromatic carbocycles. The molecule has 3 aliphatic rings. The van der Waals surface area contributed by atoms with Crippen molar-refractivity contribution in [2.24, 2.45) is 5.92 Å². The van der Waals surface area contributed by atoms with E-state index in [4.69, 9.17) is 14.2 Å². The molecule has 4 rings (SSSR count). The van der Waals surface area contributed by atoms with Crippen LogP contribution in [0.4, 0.5) is 0 Å². The van der Waals surface area contributed by atoms with E-state index in [1.807, 2.05) is 0 Å². The molecule has 3 atom stereocenters. The Morgan fingerprint density at radius 3 is 2.89 bits per heavy atom. The van der Waals surface area contributed by atoms with Crippen LogP contribution < -0.4 is 0 Å². The summed E-state index contributed by atoms with van der Waals surface area (Å²) in [5, 5.41) is 0. The molecule has 1 saturated heterocycles. The van der Waals surface area contributed by atoms with Crippen molar-refractivity contribution in [3.63, 3.8) is 0 Å². The second-order valence-electron chi connectivity index (χ2n) is 7.86. The summed E-state index contributed by atoms with van der Waals surface area (Å²) in [7, 11) is 1.57. The molecule has 0 N–H and O–H groups in total. The molecule has 1 aromatic rings. The van der Waals surface area contributed by atoms with Crippen LogP contribution in [0.2, 0.25) is 0 Å². The van der Waals surface area contributed by atoms with E-state index in [9.17, 15) is 4.79 Å². The molecule has 0 spiro atoms. The van der Waals surface area contributed by atoms with Gasteiger partial charge >= 0.3 is 5.97 Å². The first-order chi connectivity index (χ1) is 13.1. The quantitative estimate of drug-likeness (QED) is 0.735. The molecule has 27 heavy (non-hydrogen) atoms. The Morgan fingerprint density at radius 2 is 2.15 bits per heavy atom. The van der Waals surface area contributed by atoms with Crippen LogP contribution >= 0.6 is 0 Å². The molecule has 2 unspecified atom stereocenters. The number of ether oxygens (including phenoxy) is 3. The first-order valence-corrected chi connectivity index (χ1v) is 10.1. The van der Waals surface area contributed by atoms with Crippen LogP contribution in [0.5, 0.6) is 0 Å². The van der Waals surface area contributed by atoms with E-state index in [-0.39, 0.29) is 23.9 Å². The van der Waals surface area contributed by atoms with Gasteiger partial charge in [0.25, 0.3) is 0 Å². The number of hydrogen-bond donors (Lipinski definition) is 0. The van der Waals surface area contributed by atoms with Gasteiger partial charge in [0.1, 0.15) is 11.9 Å². The highest BCUT2D eigenvalue weighted by Gasteiger charge is 2.46. The zero-order valence-corrected chi connectivity index (χ0v) is 16.7. The summed E-state index contributed by atoms with van der Waals surface area (Å²) in [5.74, 6) is 1.82. The predicted molar refractivity (Wildman–Crippen MR) is 102 cm³/mol. The largest absolute Gasteiger partial charge is 0.492 e. The van der Waals surface area contributed by atoms with Gasteiger partial charge in [-0.15, -0.1) is 0 Å². The standard InChI is InChI=1S/C22H29NO4/c1-5-6-8-15-10-11-16-18-13(2)20(26-17(18)9-7-12-23(15)16)21-19(25-4)14(3)22(24)27-21/h10-11,13,17-18H,5-9,12H2,1-4H3/b21-20+/t13-,17?,18?/m0/s1. The van der Waals surface area contributed by atoms with Crippen molar-refractivity contribution in [3.8, 4) is 0 Å². The number of nitrogens with zero attached hydrogens (tertiary/aromatic N) is 1. The number of esters is 1. The summed E-state index contributed by atoms with van der Waals surface area (Å²) in [6.45, 7) is 7.21. The third-order valence-corrected chi connectivity index (χ3v) is 6.21. The Morgan fingerprint density at radius 1 is 1.33 bits per heavy atom. The molecular weight excluding hydrogens is 342 g/mol. The minimum Gasteiger partial charge on any atom is -0.492 e. The maximum atomic E-state index is 12.0. The van der Waals surface area contributed by atoms with Gasteiger partial charge < -0.3 is 18.8 Å². The van der Waals surface area contributed by atoms with Crippen molar-refractivity contribution in [2.45, 2.75) is 71.4 Å². The number of rotatable bonds is 4. The van der Waals surface area contributed by atoms with Gasteiger partial charge in [-0.05, 0) is 44.7 Å². The summed E-state index contributed by atoms with van der Waals surface area (Å²) in [6.07, 6.45) is 5.79. The van der Waals surface area contributed by atoms with E-state index in [1.165, 1.54) is 24.2 Å². The van der Waals surface area contributed by atoms with E-state index in [0.717, 1.165) is 31.6 Å². The third-order valence-electron chi connectivity index (χ3n) is 6.21. The fourth-order valence-corrected chi connectivity index (χ4v) is 4.78. The van der Waals surface area contributed by atoms with Crippen LogP contribution in [0.25, 0.3) is 0 Å². The molecule has 1 fully saturated rings. The second kappa shape index (κ2) is 7.10. The topological polar surface area (TPSA) is 49.7 Å². The predicted octanol–water partition coefficient (Wildman–Crippen LogP) is 4.43. The molecule has 0 radical (unpaired) electrons. The number of aryl methyl sites for hydroxylation is 1. The van der Waals surface area contributed by atoms with Gasteiger partial charge in [-0.2, -0.15) is 0 Å². The van der Waals surface area contributed by atoms with Crippen molar-refractivity contribution in [1.82, 2.24) is 4.57 Å². The maximum absolute atomic E-state index is 12.0. The fourth-order valence-electron chi connectivity index (χ4n) is 4.78. The number of carbonyl (C=O) groups is 1. The lowest BCUT2D eigenvalue weighted by Crippen LogP contribution is -2.17. The van der Waals surface area contributed by atoms with E-state index < -0.39 is 0 Å². The molecule has 5 heteroatoms. The first-order valence-electron chi connectivity index (χ1n) is 10.1. The molecular formula is C22H29NO4. The molecule has 146 valence electrons. The Bertz CT molecular complexity index is 816. The van der Waals surface area contributed by atoms with Gasteiger partial charge in [-0.3, -0.25) is 0 Å². The van der Waals surface area contributed by atoms with Crippen LogP contribution in [0.3, 0.4) is 0 Å². The van der Waals surface area contributed by atoms with Gasteiger partial charge in [0, 0.05) is 29.8 Å². The normalized spacial score (nSPS) is 29.9. The average molecular weight is 371 g/mol. The maximum Gasteiger partial charge on any atom is 0.343 e. The van der Waals surface area contributed by atoms with E-state index >= 15 is 0 Å². The highest BCUT2D eigenvalue weighted by molar-refractivity contribution is 5.93. The molecule has 4 heterocycles. The summed E-state index contributed by atoms with van der Waals surface area (Å²) >= 11 is 0. The van der Waals surface area contributed by atoms with Crippen molar-refractivity contribution >= 4 is 5.97 Å². The lowest BCUT2D eigenvalue weighted by molar-refractivity contribution is -0.133. The summed E-state index contributed by atoms with van der Waals surface area (Å²) in [6, 6.07) is 4.56. The number of cyclic esters (lactones) is 1. The van der Waals surface area contributed by atoms with Crippen molar-refractivity contribution in [3.05, 3.63) is 46.4 Å². The van der Waals surface area contributed by atoms with Crippen LogP contribution in [0.15, 0.2) is 35.0 Å². The van der Waals surface area contributed by atoms with Crippen LogP contribution in [-0.2, 0) is 32.0 Å². The highest BCUT2D eigenvalue weighted by atomic mass is 16.6. The van der Waals surface area contributed by atoms with E-state index in [2.05, 4.69) is 30.5 Å². The summed E-state index contributed by atoms with van der Waals surface area (Å²) in [5.41, 5.74) is 3.30. The number of hydrogen-bond acceptors (Lipinski definition) is 4. The lowest BCUT2D eigenvalue weighted by atomic mass is 9.86. The molecule has 0 saturated carbocycles. The summed E-state index contributed by atoms with van der Waals surface area (Å²) in [4.78, 5) is 12.0. The smallest absolute Gasteiger partial charge is 0.343 e. The Balaban J connectivity index is 1.72. The van der Waals surface area contributed by atoms with Gasteiger partial charge in [-0.1, -0.05) is 20.3 Å². The van der Waals surface area contributed by atoms with Crippen molar-refractivity contribution in [1.29, 1.82) is 0 Å². The van der Waals surface area contributed by atoms with Crippen LogP contribution in [-0.4, -0.2) is 23.8 Å². The monoisotopic (exact) mass is 371 g/mol. The minimum atomic E-state index is -0.345. The van der Waals surface area contributed by atoms with E-state index in [0.29, 0.717) is 17.1 Å². The number of fused-ring (bicyclic) bond motifs is 3. The van der Waals surface area contributed by atoms with Crippen molar-refractivity contribution < 1.29 is 19.0 Å². The van der Waals surface area contributed by atoms with Crippen molar-refractivity contribution in [2.75, 3.05) is 7.11 Å². The molecule has 0 amide bonds. The number of aromatic nitrogens is 1. The van der Waals surface area contributed by atoms with Gasteiger partial charge in [0.2, 0.25) is 5.76 Å². The Labute approximate surface area is 161 Å². The zero-order valence-electron chi connectivity index (χ0n) is 16.7. The lowest BCUT2D eigenvalue weighted by Gasteiger charge is -2.19. The van der Waals surface area contributed by atoms with Gasteiger partial charge in [0.05, 0.1) is 12.7 Å². The van der Waals surface area contributed by atoms with Gasteiger partial charge in [0.15, 0.2) is 5.76 Å². The summed E-state index contributed by atoms with van der Waals surface area (Å²) < 4.78 is 19.9. The van der Waals surface area contributed by atoms with E-state index in [1.54, 1.807) is 14.0 Å². The molecule has 1 aromatic heterocycles. The average Bonchev–Trinajstić information content (AvgIpc) is 3.24. The van der Waals surface area contributed by atoms with Gasteiger partial charge in [-0.25, -0.2) is 4.79 Å². The second-order valence-corrected chi connectivity index (χ2v) is 7.86. The zero-order chi connectivity index (χ0) is 19.1. The SMILES string of the molecule is CCCCc1ccc2n1CCCC1O/C(=C3/OC(=O)C(C)=C3OC)[C@@H](C)C21. The number of methoxy groups -OCH3 is 1. The minimum absolute atomic E-state index is 0.121. The molecule has 0 bridgehead atoms. The Kier molecular flexibility index (Phi) is 4.79. The Hall–Kier alpha value is -2.17. The number of unbranched alkanes of at least 4 members (excludes halogenated alkanes) is 1. The molecule has 3 aliphatic heterocycles. The fraction of sp³-hybridized carbons (Fsp3) is 0.591. The number of allylic oxidation sites excluding steroid dienone is 1. The third kappa shape index (κ3) is 2.88. The molecule has 5 nitrogen and oxygen atoms in total. The number of carbonyl (C=O) groups excluding carboxylic acids is 1.